The van der Waals surface area contributed by atoms with Gasteiger partial charge >= 0.3 is 0 Å². The van der Waals surface area contributed by atoms with Crippen molar-refractivity contribution < 1.29 is 23.8 Å². The van der Waals surface area contributed by atoms with Crippen LogP contribution in [0.2, 0.25) is 0 Å². The van der Waals surface area contributed by atoms with Crippen molar-refractivity contribution in [1.29, 1.82) is 0 Å². The zero-order valence-electron chi connectivity index (χ0n) is 18.0. The van der Waals surface area contributed by atoms with Gasteiger partial charge in [-0.3, -0.25) is 9.59 Å². The lowest BCUT2D eigenvalue weighted by Gasteiger charge is -2.26. The molecule has 0 aromatic heterocycles. The van der Waals surface area contributed by atoms with Crippen molar-refractivity contribution in [3.63, 3.8) is 0 Å². The number of Topliss-reactive ketones (excluding diaryl/α,β-unsaturated/α-hetero) is 1. The summed E-state index contributed by atoms with van der Waals surface area (Å²) in [4.78, 5) is 29.3. The highest BCUT2D eigenvalue weighted by Gasteiger charge is 2.45. The van der Waals surface area contributed by atoms with Crippen LogP contribution in [0.25, 0.3) is 5.76 Å². The molecule has 1 heterocycles. The van der Waals surface area contributed by atoms with Crippen LogP contribution >= 0.6 is 0 Å². The number of amides is 1. The molecule has 0 radical (unpaired) electrons. The van der Waals surface area contributed by atoms with Crippen molar-refractivity contribution in [2.75, 3.05) is 33.8 Å². The van der Waals surface area contributed by atoms with Crippen molar-refractivity contribution in [3.05, 3.63) is 71.0 Å². The fourth-order valence-electron chi connectivity index (χ4n) is 3.71. The molecule has 7 heteroatoms. The molecule has 0 aliphatic carbocycles. The molecule has 0 bridgehead atoms. The lowest BCUT2D eigenvalue weighted by atomic mass is 9.95. The summed E-state index contributed by atoms with van der Waals surface area (Å²) in [7, 11) is 3.86. The van der Waals surface area contributed by atoms with Gasteiger partial charge in [0.1, 0.15) is 17.3 Å². The maximum absolute atomic E-state index is 13.5. The van der Waals surface area contributed by atoms with E-state index in [1.807, 2.05) is 25.9 Å². The van der Waals surface area contributed by atoms with Crippen LogP contribution in [0, 0.1) is 5.82 Å². The van der Waals surface area contributed by atoms with E-state index in [2.05, 4.69) is 0 Å². The van der Waals surface area contributed by atoms with E-state index in [0.717, 1.165) is 6.54 Å². The standard InChI is InChI=1S/C24H27FN2O4/c1-4-31-19-8-5-7-17(15-19)22(28)20-21(16-9-11-18(25)12-10-16)27(24(30)23(20)29)14-6-13-26(2)3/h5,7-12,15,21,28H,4,6,13-14H2,1-3H3. The molecule has 6 nitrogen and oxygen atoms in total. The SMILES string of the molecule is CCOc1cccc(C(O)=C2C(=O)C(=O)N(CCCN(C)C)C2c2ccc(F)cc2)c1. The molecule has 2 aromatic carbocycles. The van der Waals surface area contributed by atoms with Gasteiger partial charge < -0.3 is 19.6 Å². The molecule has 1 N–H and O–H groups in total. The lowest BCUT2D eigenvalue weighted by molar-refractivity contribution is -0.139. The predicted molar refractivity (Wildman–Crippen MR) is 116 cm³/mol. The number of halogens is 1. The van der Waals surface area contributed by atoms with E-state index in [9.17, 15) is 19.1 Å². The summed E-state index contributed by atoms with van der Waals surface area (Å²) < 4.78 is 19.0. The Labute approximate surface area is 181 Å². The lowest BCUT2D eigenvalue weighted by Crippen LogP contribution is -2.32. The van der Waals surface area contributed by atoms with Crippen LogP contribution in [0.3, 0.4) is 0 Å². The van der Waals surface area contributed by atoms with Gasteiger partial charge in [-0.1, -0.05) is 24.3 Å². The van der Waals surface area contributed by atoms with Gasteiger partial charge in [0, 0.05) is 12.1 Å². The third-order valence-corrected chi connectivity index (χ3v) is 5.15. The number of nitrogens with zero attached hydrogens (tertiary/aromatic N) is 2. The fraction of sp³-hybridized carbons (Fsp3) is 0.333. The zero-order chi connectivity index (χ0) is 22.5. The average molecular weight is 426 g/mol. The van der Waals surface area contributed by atoms with E-state index in [4.69, 9.17) is 4.74 Å². The number of aliphatic hydroxyl groups is 1. The minimum absolute atomic E-state index is 0.00453. The number of aliphatic hydroxyl groups excluding tert-OH is 1. The predicted octanol–water partition coefficient (Wildman–Crippen LogP) is 3.60. The van der Waals surface area contributed by atoms with E-state index in [1.165, 1.54) is 29.2 Å². The Kier molecular flexibility index (Phi) is 7.07. The third kappa shape index (κ3) is 4.94. The summed E-state index contributed by atoms with van der Waals surface area (Å²) in [6.45, 7) is 3.37. The van der Waals surface area contributed by atoms with E-state index in [0.29, 0.717) is 36.4 Å². The molecule has 0 spiro atoms. The number of ether oxygens (including phenoxy) is 1. The molecule has 31 heavy (non-hydrogen) atoms. The minimum Gasteiger partial charge on any atom is -0.507 e. The maximum Gasteiger partial charge on any atom is 0.295 e. The normalized spacial score (nSPS) is 18.1. The third-order valence-electron chi connectivity index (χ3n) is 5.15. The summed E-state index contributed by atoms with van der Waals surface area (Å²) in [5, 5.41) is 11.1. The molecule has 1 unspecified atom stereocenters. The van der Waals surface area contributed by atoms with Crippen LogP contribution in [-0.2, 0) is 9.59 Å². The van der Waals surface area contributed by atoms with Crippen molar-refractivity contribution >= 4 is 17.4 Å². The van der Waals surface area contributed by atoms with Gasteiger partial charge in [0.15, 0.2) is 0 Å². The number of hydrogen-bond acceptors (Lipinski definition) is 5. The van der Waals surface area contributed by atoms with Gasteiger partial charge in [0.05, 0.1) is 18.2 Å². The summed E-state index contributed by atoms with van der Waals surface area (Å²) >= 11 is 0. The number of benzene rings is 2. The zero-order valence-corrected chi connectivity index (χ0v) is 18.0. The first-order valence-electron chi connectivity index (χ1n) is 10.2. The van der Waals surface area contributed by atoms with Crippen LogP contribution in [-0.4, -0.2) is 60.4 Å². The molecule has 0 saturated carbocycles. The van der Waals surface area contributed by atoms with Gasteiger partial charge in [0.2, 0.25) is 0 Å². The molecular weight excluding hydrogens is 399 g/mol. The fourth-order valence-corrected chi connectivity index (χ4v) is 3.71. The highest BCUT2D eigenvalue weighted by Crippen LogP contribution is 2.39. The van der Waals surface area contributed by atoms with Crippen LogP contribution < -0.4 is 4.74 Å². The first-order valence-corrected chi connectivity index (χ1v) is 10.2. The maximum atomic E-state index is 13.5. The van der Waals surface area contributed by atoms with Gasteiger partial charge in [0.25, 0.3) is 11.7 Å². The number of carbonyl (C=O) groups excluding carboxylic acids is 2. The summed E-state index contributed by atoms with van der Waals surface area (Å²) in [5.74, 6) is -1.57. The molecule has 1 fully saturated rings. The molecule has 1 amide bonds. The monoisotopic (exact) mass is 426 g/mol. The quantitative estimate of drug-likeness (QED) is 0.397. The molecule has 2 aromatic rings. The van der Waals surface area contributed by atoms with Crippen LogP contribution in [0.15, 0.2) is 54.1 Å². The van der Waals surface area contributed by atoms with E-state index < -0.39 is 23.5 Å². The van der Waals surface area contributed by atoms with Gasteiger partial charge in [-0.2, -0.15) is 0 Å². The second-order valence-electron chi connectivity index (χ2n) is 7.66. The molecular formula is C24H27FN2O4. The highest BCUT2D eigenvalue weighted by atomic mass is 19.1. The molecule has 1 atom stereocenters. The Bertz CT molecular complexity index is 985. The van der Waals surface area contributed by atoms with Gasteiger partial charge in [-0.25, -0.2) is 4.39 Å². The first kappa shape index (κ1) is 22.5. The van der Waals surface area contributed by atoms with Crippen LogP contribution in [0.4, 0.5) is 4.39 Å². The Morgan fingerprint density at radius 1 is 1.16 bits per heavy atom. The topological polar surface area (TPSA) is 70.1 Å². The Balaban J connectivity index is 2.08. The average Bonchev–Trinajstić information content (AvgIpc) is 2.99. The minimum atomic E-state index is -0.793. The van der Waals surface area contributed by atoms with E-state index in [-0.39, 0.29) is 11.3 Å². The van der Waals surface area contributed by atoms with Gasteiger partial charge in [-0.15, -0.1) is 0 Å². The van der Waals surface area contributed by atoms with Crippen LogP contribution in [0.5, 0.6) is 5.75 Å². The number of likely N-dealkylation sites (tertiary alicyclic amines) is 1. The molecule has 3 rings (SSSR count). The highest BCUT2D eigenvalue weighted by molar-refractivity contribution is 6.46. The number of carbonyl (C=O) groups is 2. The summed E-state index contributed by atoms with van der Waals surface area (Å²) in [5.41, 5.74) is 0.937. The smallest absolute Gasteiger partial charge is 0.295 e. The number of hydrogen-bond donors (Lipinski definition) is 1. The molecule has 164 valence electrons. The second-order valence-corrected chi connectivity index (χ2v) is 7.66. The van der Waals surface area contributed by atoms with Crippen molar-refractivity contribution in [2.45, 2.75) is 19.4 Å². The Hall–Kier alpha value is -3.19. The van der Waals surface area contributed by atoms with Crippen LogP contribution in [0.1, 0.15) is 30.5 Å². The second kappa shape index (κ2) is 9.75. The summed E-state index contributed by atoms with van der Waals surface area (Å²) in [6.07, 6.45) is 0.650. The Morgan fingerprint density at radius 3 is 2.52 bits per heavy atom. The molecule has 1 saturated heterocycles. The molecule has 1 aliphatic rings. The first-order chi connectivity index (χ1) is 14.8. The van der Waals surface area contributed by atoms with Gasteiger partial charge in [-0.05, 0) is 63.8 Å². The molecule has 1 aliphatic heterocycles. The van der Waals surface area contributed by atoms with E-state index >= 15 is 0 Å². The number of ketones is 1. The Morgan fingerprint density at radius 2 is 1.87 bits per heavy atom. The number of rotatable bonds is 8. The van der Waals surface area contributed by atoms with E-state index in [1.54, 1.807) is 24.3 Å². The van der Waals surface area contributed by atoms with Crippen molar-refractivity contribution in [2.24, 2.45) is 0 Å². The summed E-state index contributed by atoms with van der Waals surface area (Å²) in [6, 6.07) is 11.6. The van der Waals surface area contributed by atoms with Crippen molar-refractivity contribution in [3.8, 4) is 5.75 Å². The largest absolute Gasteiger partial charge is 0.507 e. The van der Waals surface area contributed by atoms with Crippen molar-refractivity contribution in [1.82, 2.24) is 9.80 Å².